The maximum atomic E-state index is 12.6. The highest BCUT2D eigenvalue weighted by atomic mass is 16.6. The van der Waals surface area contributed by atoms with Gasteiger partial charge in [0, 0.05) is 32.7 Å². The summed E-state index contributed by atoms with van der Waals surface area (Å²) in [6.45, 7) is 7.58. The van der Waals surface area contributed by atoms with E-state index in [2.05, 4.69) is 25.6 Å². The highest BCUT2D eigenvalue weighted by molar-refractivity contribution is 5.91. The maximum absolute atomic E-state index is 12.6. The van der Waals surface area contributed by atoms with Crippen LogP contribution < -0.4 is 16.2 Å². The van der Waals surface area contributed by atoms with Crippen molar-refractivity contribution < 1.29 is 33.4 Å². The summed E-state index contributed by atoms with van der Waals surface area (Å²) in [7, 11) is 0. The molecular weight excluding hydrogens is 476 g/mol. The molecule has 0 aromatic carbocycles. The van der Waals surface area contributed by atoms with E-state index >= 15 is 0 Å². The topological polar surface area (TPSA) is 184 Å². The van der Waals surface area contributed by atoms with Crippen molar-refractivity contribution in [2.75, 3.05) is 11.9 Å². The molecule has 14 nitrogen and oxygen atoms in total. The van der Waals surface area contributed by atoms with Crippen LogP contribution in [0, 0.1) is 5.92 Å². The fraction of sp³-hybridized carbons (Fsp3) is 0.591. The van der Waals surface area contributed by atoms with Crippen molar-refractivity contribution in [1.82, 2.24) is 24.8 Å². The minimum atomic E-state index is -1.15. The molecule has 0 unspecified atom stereocenters. The number of imidazole rings is 1. The van der Waals surface area contributed by atoms with Gasteiger partial charge in [0.15, 0.2) is 29.6 Å². The van der Waals surface area contributed by atoms with Gasteiger partial charge in [-0.1, -0.05) is 20.8 Å². The molecule has 1 aliphatic rings. The molecular formula is C22H30N6O8. The van der Waals surface area contributed by atoms with E-state index in [0.29, 0.717) is 12.8 Å². The number of aromatic amines is 1. The summed E-state index contributed by atoms with van der Waals surface area (Å²) >= 11 is 0. The van der Waals surface area contributed by atoms with Crippen LogP contribution in [0.15, 0.2) is 11.1 Å². The van der Waals surface area contributed by atoms with Crippen molar-refractivity contribution in [3.8, 4) is 0 Å². The van der Waals surface area contributed by atoms with Crippen molar-refractivity contribution in [2.45, 2.75) is 72.0 Å². The molecule has 0 radical (unpaired) electrons. The second-order valence-electron chi connectivity index (χ2n) is 8.65. The molecule has 4 atom stereocenters. The summed E-state index contributed by atoms with van der Waals surface area (Å²) in [5, 5.41) is 5.24. The van der Waals surface area contributed by atoms with E-state index < -0.39 is 42.0 Å². The molecule has 0 spiro atoms. The largest absolute Gasteiger partial charge is 0.456 e. The summed E-state index contributed by atoms with van der Waals surface area (Å²) in [6.07, 6.45) is -2.01. The Labute approximate surface area is 206 Å². The van der Waals surface area contributed by atoms with E-state index in [-0.39, 0.29) is 41.4 Å². The van der Waals surface area contributed by atoms with Crippen molar-refractivity contribution in [1.29, 1.82) is 0 Å². The molecule has 1 saturated heterocycles. The molecule has 0 saturated carbocycles. The standard InChI is InChI=1S/C22H30N6O8/c1-6-7-14(31)23-8-13-16(34-11(4)29)17(35-12(5)30)21(36-13)28-9-24-15-18(28)25-22(27-20(15)33)26-19(32)10(2)3/h9-10,13,16-17,21H,6-8H2,1-5H3,(H,23,31)(H2,25,26,27,32,33)/t13-,16-,17-,21-/m1/s1. The molecule has 36 heavy (non-hydrogen) atoms. The van der Waals surface area contributed by atoms with Crippen molar-refractivity contribution in [3.63, 3.8) is 0 Å². The fourth-order valence-electron chi connectivity index (χ4n) is 3.71. The third kappa shape index (κ3) is 6.05. The summed E-state index contributed by atoms with van der Waals surface area (Å²) in [4.78, 5) is 71.3. The molecule has 196 valence electrons. The van der Waals surface area contributed by atoms with Crippen LogP contribution in [-0.4, -0.2) is 68.1 Å². The summed E-state index contributed by atoms with van der Waals surface area (Å²) in [5.74, 6) is -2.36. The summed E-state index contributed by atoms with van der Waals surface area (Å²) in [5.41, 5.74) is -0.622. The van der Waals surface area contributed by atoms with Crippen LogP contribution in [0.4, 0.5) is 5.95 Å². The summed E-state index contributed by atoms with van der Waals surface area (Å²) in [6, 6.07) is 0. The predicted octanol–water partition coefficient (Wildman–Crippen LogP) is 0.391. The second kappa shape index (κ2) is 11.3. The number of esters is 2. The first-order chi connectivity index (χ1) is 17.0. The highest BCUT2D eigenvalue weighted by Gasteiger charge is 2.50. The Bertz CT molecular complexity index is 1200. The van der Waals surface area contributed by atoms with Crippen molar-refractivity contribution in [2.24, 2.45) is 5.92 Å². The number of hydrogen-bond acceptors (Lipinski definition) is 10. The molecule has 3 heterocycles. The Hall–Kier alpha value is -3.81. The zero-order chi connectivity index (χ0) is 26.6. The van der Waals surface area contributed by atoms with Gasteiger partial charge < -0.3 is 19.5 Å². The number of carbonyl (C=O) groups is 4. The van der Waals surface area contributed by atoms with E-state index in [0.717, 1.165) is 0 Å². The van der Waals surface area contributed by atoms with E-state index in [1.807, 2.05) is 6.92 Å². The van der Waals surface area contributed by atoms with E-state index in [9.17, 15) is 24.0 Å². The lowest BCUT2D eigenvalue weighted by Crippen LogP contribution is -2.43. The lowest BCUT2D eigenvalue weighted by atomic mass is 10.1. The minimum absolute atomic E-state index is 0.0264. The van der Waals surface area contributed by atoms with Crippen LogP contribution in [0.3, 0.4) is 0 Å². The number of fused-ring (bicyclic) bond motifs is 1. The second-order valence-corrected chi connectivity index (χ2v) is 8.65. The first-order valence-electron chi connectivity index (χ1n) is 11.6. The Kier molecular flexibility index (Phi) is 8.40. The molecule has 3 rings (SSSR count). The molecule has 3 N–H and O–H groups in total. The first-order valence-corrected chi connectivity index (χ1v) is 11.6. The Morgan fingerprint density at radius 1 is 1.17 bits per heavy atom. The maximum Gasteiger partial charge on any atom is 0.303 e. The molecule has 2 amide bonds. The van der Waals surface area contributed by atoms with Crippen LogP contribution >= 0.6 is 0 Å². The number of amides is 2. The molecule has 2 aromatic rings. The SMILES string of the molecule is CCCC(=O)NC[C@H]1O[C@@H](n2cnc3c(=O)[nH]c(NC(=O)C(C)C)nc32)[C@H](OC(C)=O)[C@@H]1OC(C)=O. The van der Waals surface area contributed by atoms with Gasteiger partial charge >= 0.3 is 11.9 Å². The highest BCUT2D eigenvalue weighted by Crippen LogP contribution is 2.35. The first kappa shape index (κ1) is 26.8. The predicted molar refractivity (Wildman–Crippen MR) is 125 cm³/mol. The number of anilines is 1. The number of nitrogens with zero attached hydrogens (tertiary/aromatic N) is 3. The van der Waals surface area contributed by atoms with Gasteiger partial charge in [-0.2, -0.15) is 4.98 Å². The number of H-pyrrole nitrogens is 1. The normalized spacial score (nSPS) is 21.4. The van der Waals surface area contributed by atoms with Gasteiger partial charge in [-0.05, 0) is 6.42 Å². The average Bonchev–Trinajstić information content (AvgIpc) is 3.34. The lowest BCUT2D eigenvalue weighted by molar-refractivity contribution is -0.165. The van der Waals surface area contributed by atoms with Gasteiger partial charge in [-0.25, -0.2) is 4.98 Å². The van der Waals surface area contributed by atoms with Crippen LogP contribution in [0.1, 0.15) is 53.7 Å². The molecule has 0 bridgehead atoms. The number of ether oxygens (including phenoxy) is 3. The molecule has 1 aliphatic heterocycles. The smallest absolute Gasteiger partial charge is 0.303 e. The van der Waals surface area contributed by atoms with Crippen LogP contribution in [0.5, 0.6) is 0 Å². The molecule has 0 aliphatic carbocycles. The number of rotatable bonds is 9. The van der Waals surface area contributed by atoms with Gasteiger partial charge in [0.25, 0.3) is 5.56 Å². The van der Waals surface area contributed by atoms with Crippen LogP contribution in [-0.2, 0) is 33.4 Å². The van der Waals surface area contributed by atoms with Crippen molar-refractivity contribution in [3.05, 3.63) is 16.7 Å². The van der Waals surface area contributed by atoms with Crippen LogP contribution in [0.2, 0.25) is 0 Å². The Balaban J connectivity index is 2.02. The molecule has 14 heteroatoms. The van der Waals surface area contributed by atoms with Gasteiger partial charge in [-0.15, -0.1) is 0 Å². The van der Waals surface area contributed by atoms with E-state index in [1.54, 1.807) is 13.8 Å². The van der Waals surface area contributed by atoms with Crippen LogP contribution in [0.25, 0.3) is 11.2 Å². The van der Waals surface area contributed by atoms with Crippen molar-refractivity contribution >= 4 is 40.9 Å². The number of aromatic nitrogens is 4. The van der Waals surface area contributed by atoms with Gasteiger partial charge in [-0.3, -0.25) is 38.8 Å². The number of nitrogens with one attached hydrogen (secondary N) is 3. The van der Waals surface area contributed by atoms with Gasteiger partial charge in [0.1, 0.15) is 6.10 Å². The Morgan fingerprint density at radius 2 is 1.83 bits per heavy atom. The fourth-order valence-corrected chi connectivity index (χ4v) is 3.71. The molecule has 1 fully saturated rings. The van der Waals surface area contributed by atoms with E-state index in [4.69, 9.17) is 14.2 Å². The third-order valence-corrected chi connectivity index (χ3v) is 5.34. The minimum Gasteiger partial charge on any atom is -0.456 e. The monoisotopic (exact) mass is 506 g/mol. The van der Waals surface area contributed by atoms with Gasteiger partial charge in [0.2, 0.25) is 17.8 Å². The molecule has 2 aromatic heterocycles. The summed E-state index contributed by atoms with van der Waals surface area (Å²) < 4.78 is 18.3. The number of hydrogen-bond donors (Lipinski definition) is 3. The quantitative estimate of drug-likeness (QED) is 0.402. The zero-order valence-corrected chi connectivity index (χ0v) is 20.7. The van der Waals surface area contributed by atoms with E-state index in [1.165, 1.54) is 24.7 Å². The zero-order valence-electron chi connectivity index (χ0n) is 20.7. The number of carbonyl (C=O) groups excluding carboxylic acids is 4. The Morgan fingerprint density at radius 3 is 2.44 bits per heavy atom. The average molecular weight is 507 g/mol. The lowest BCUT2D eigenvalue weighted by Gasteiger charge is -2.24. The van der Waals surface area contributed by atoms with Gasteiger partial charge in [0.05, 0.1) is 6.33 Å². The third-order valence-electron chi connectivity index (χ3n) is 5.34.